The zero-order valence-corrected chi connectivity index (χ0v) is 10.8. The summed E-state index contributed by atoms with van der Waals surface area (Å²) < 4.78 is 3.77. The van der Waals surface area contributed by atoms with Crippen LogP contribution in [0.2, 0.25) is 0 Å². The van der Waals surface area contributed by atoms with E-state index in [0.717, 1.165) is 11.5 Å². The molecule has 0 fully saturated rings. The van der Waals surface area contributed by atoms with Gasteiger partial charge in [-0.3, -0.25) is 9.59 Å². The highest BCUT2D eigenvalue weighted by Crippen LogP contribution is 2.25. The molecule has 1 rings (SSSR count). The van der Waals surface area contributed by atoms with E-state index < -0.39 is 5.97 Å². The van der Waals surface area contributed by atoms with Crippen LogP contribution in [0.25, 0.3) is 0 Å². The molecule has 1 amide bonds. The second-order valence-electron chi connectivity index (χ2n) is 4.60. The molecule has 0 aliphatic rings. The highest BCUT2D eigenvalue weighted by atomic mass is 32.1. The van der Waals surface area contributed by atoms with Gasteiger partial charge in [-0.1, -0.05) is 25.3 Å². The Morgan fingerprint density at radius 2 is 2.06 bits per heavy atom. The van der Waals surface area contributed by atoms with Crippen molar-refractivity contribution in [2.24, 2.45) is 0 Å². The fourth-order valence-electron chi connectivity index (χ4n) is 1.19. The quantitative estimate of drug-likeness (QED) is 0.840. The van der Waals surface area contributed by atoms with E-state index in [9.17, 15) is 9.59 Å². The van der Waals surface area contributed by atoms with Crippen LogP contribution in [0.5, 0.6) is 0 Å². The molecule has 0 aliphatic carbocycles. The van der Waals surface area contributed by atoms with Crippen molar-refractivity contribution < 1.29 is 14.7 Å². The Morgan fingerprint density at radius 1 is 1.41 bits per heavy atom. The maximum atomic E-state index is 11.8. The third-order valence-corrected chi connectivity index (χ3v) is 2.75. The summed E-state index contributed by atoms with van der Waals surface area (Å²) in [5, 5.41) is 15.0. The van der Waals surface area contributed by atoms with Gasteiger partial charge in [0, 0.05) is 12.0 Å². The molecular weight excluding hydrogens is 242 g/mol. The first kappa shape index (κ1) is 13.6. The number of carboxylic acids is 1. The molecule has 7 heteroatoms. The highest BCUT2D eigenvalue weighted by molar-refractivity contribution is 7.08. The number of nitrogens with zero attached hydrogens (tertiary/aromatic N) is 2. The first-order valence-electron chi connectivity index (χ1n) is 5.15. The fourth-order valence-corrected chi connectivity index (χ4v) is 1.99. The van der Waals surface area contributed by atoms with Crippen molar-refractivity contribution in [1.82, 2.24) is 14.9 Å². The van der Waals surface area contributed by atoms with Crippen LogP contribution in [0, 0.1) is 0 Å². The lowest BCUT2D eigenvalue weighted by molar-refractivity contribution is -0.136. The first-order valence-corrected chi connectivity index (χ1v) is 5.92. The van der Waals surface area contributed by atoms with Gasteiger partial charge in [-0.05, 0) is 11.5 Å². The molecule has 0 radical (unpaired) electrons. The summed E-state index contributed by atoms with van der Waals surface area (Å²) in [7, 11) is 0. The van der Waals surface area contributed by atoms with E-state index in [0.29, 0.717) is 10.6 Å². The molecule has 0 spiro atoms. The van der Waals surface area contributed by atoms with Gasteiger partial charge in [0.05, 0.1) is 12.1 Å². The molecule has 0 aliphatic heterocycles. The molecule has 2 N–H and O–H groups in total. The zero-order chi connectivity index (χ0) is 13.1. The number of aromatic nitrogens is 2. The molecule has 1 aromatic rings. The minimum Gasteiger partial charge on any atom is -0.481 e. The van der Waals surface area contributed by atoms with Gasteiger partial charge in [0.15, 0.2) is 0 Å². The van der Waals surface area contributed by atoms with Crippen LogP contribution in [-0.4, -0.2) is 33.1 Å². The molecule has 1 aromatic heterocycles. The number of carbonyl (C=O) groups is 2. The Balaban J connectivity index is 2.70. The minimum absolute atomic E-state index is 0.0944. The number of amides is 1. The number of rotatable bonds is 4. The minimum atomic E-state index is -0.941. The third-order valence-electron chi connectivity index (χ3n) is 2.03. The average Bonchev–Trinajstić information content (AvgIpc) is 2.64. The van der Waals surface area contributed by atoms with Crippen LogP contribution in [0.4, 0.5) is 0 Å². The molecule has 94 valence electrons. The topological polar surface area (TPSA) is 92.2 Å². The van der Waals surface area contributed by atoms with Crippen LogP contribution in [0.15, 0.2) is 0 Å². The molecule has 1 heterocycles. The predicted molar refractivity (Wildman–Crippen MR) is 63.2 cm³/mol. The Kier molecular flexibility index (Phi) is 4.17. The second kappa shape index (κ2) is 5.22. The molecule has 0 aromatic carbocycles. The van der Waals surface area contributed by atoms with Gasteiger partial charge >= 0.3 is 5.97 Å². The highest BCUT2D eigenvalue weighted by Gasteiger charge is 2.26. The van der Waals surface area contributed by atoms with Crippen molar-refractivity contribution >= 4 is 23.4 Å². The van der Waals surface area contributed by atoms with Gasteiger partial charge in [0.25, 0.3) is 5.91 Å². The van der Waals surface area contributed by atoms with E-state index in [1.165, 1.54) is 0 Å². The van der Waals surface area contributed by atoms with Crippen LogP contribution < -0.4 is 5.32 Å². The lowest BCUT2D eigenvalue weighted by Crippen LogP contribution is -2.28. The van der Waals surface area contributed by atoms with Gasteiger partial charge in [-0.15, -0.1) is 5.10 Å². The van der Waals surface area contributed by atoms with Gasteiger partial charge in [0.1, 0.15) is 4.88 Å². The number of carbonyl (C=O) groups excluding carboxylic acids is 1. The van der Waals surface area contributed by atoms with Crippen molar-refractivity contribution in [3.05, 3.63) is 10.6 Å². The Labute approximate surface area is 103 Å². The maximum absolute atomic E-state index is 11.8. The Hall–Kier alpha value is -1.50. The molecule has 0 atom stereocenters. The number of aliphatic carboxylic acids is 1. The normalized spacial score (nSPS) is 11.2. The lowest BCUT2D eigenvalue weighted by Gasteiger charge is -2.15. The van der Waals surface area contributed by atoms with E-state index in [-0.39, 0.29) is 24.3 Å². The summed E-state index contributed by atoms with van der Waals surface area (Å²) in [5.41, 5.74) is 0.377. The van der Waals surface area contributed by atoms with Gasteiger partial charge in [-0.25, -0.2) is 0 Å². The third kappa shape index (κ3) is 3.77. The van der Waals surface area contributed by atoms with Crippen molar-refractivity contribution in [2.45, 2.75) is 32.6 Å². The molecular formula is C10H15N3O3S. The number of hydrogen-bond donors (Lipinski definition) is 2. The van der Waals surface area contributed by atoms with Crippen molar-refractivity contribution in [2.75, 3.05) is 6.54 Å². The summed E-state index contributed by atoms with van der Waals surface area (Å²) >= 11 is 1.02. The Bertz CT molecular complexity index is 423. The van der Waals surface area contributed by atoms with Crippen LogP contribution >= 0.6 is 11.5 Å². The fraction of sp³-hybridized carbons (Fsp3) is 0.600. The van der Waals surface area contributed by atoms with Crippen molar-refractivity contribution in [3.63, 3.8) is 0 Å². The van der Waals surface area contributed by atoms with Crippen molar-refractivity contribution in [3.8, 4) is 0 Å². The summed E-state index contributed by atoms with van der Waals surface area (Å²) in [6.07, 6.45) is -0.0944. The monoisotopic (exact) mass is 257 g/mol. The number of nitrogens with one attached hydrogen (secondary N) is 1. The van der Waals surface area contributed by atoms with E-state index in [1.54, 1.807) is 0 Å². The van der Waals surface area contributed by atoms with Gasteiger partial charge in [-0.2, -0.15) is 0 Å². The summed E-state index contributed by atoms with van der Waals surface area (Å²) in [5.74, 6) is -1.25. The van der Waals surface area contributed by atoms with Gasteiger partial charge in [0.2, 0.25) is 0 Å². The molecule has 0 saturated carbocycles. The summed E-state index contributed by atoms with van der Waals surface area (Å²) in [6.45, 7) is 5.93. The molecule has 17 heavy (non-hydrogen) atoms. The smallest absolute Gasteiger partial charge is 0.305 e. The van der Waals surface area contributed by atoms with Gasteiger partial charge < -0.3 is 10.4 Å². The predicted octanol–water partition coefficient (Wildman–Crippen LogP) is 1.04. The molecule has 0 saturated heterocycles. The second-order valence-corrected chi connectivity index (χ2v) is 5.35. The molecule has 6 nitrogen and oxygen atoms in total. The zero-order valence-electron chi connectivity index (χ0n) is 9.98. The maximum Gasteiger partial charge on any atom is 0.305 e. The standard InChI is InChI=1S/C10H15N3O3S/c1-10(2,3)8-7(17-13-12-8)9(16)11-5-4-6(14)15/h4-5H2,1-3H3,(H,11,16)(H,14,15). The number of hydrogen-bond acceptors (Lipinski definition) is 5. The van der Waals surface area contributed by atoms with E-state index in [4.69, 9.17) is 5.11 Å². The van der Waals surface area contributed by atoms with Crippen LogP contribution in [-0.2, 0) is 10.2 Å². The summed E-state index contributed by atoms with van der Waals surface area (Å²) in [6, 6.07) is 0. The number of carboxylic acid groups (broad SMARTS) is 1. The van der Waals surface area contributed by atoms with Crippen molar-refractivity contribution in [1.29, 1.82) is 0 Å². The van der Waals surface area contributed by atoms with E-state index in [2.05, 4.69) is 14.9 Å². The Morgan fingerprint density at radius 3 is 2.59 bits per heavy atom. The van der Waals surface area contributed by atoms with E-state index in [1.807, 2.05) is 20.8 Å². The lowest BCUT2D eigenvalue weighted by atomic mass is 9.91. The molecule has 0 bridgehead atoms. The first-order chi connectivity index (χ1) is 7.82. The van der Waals surface area contributed by atoms with Crippen LogP contribution in [0.3, 0.4) is 0 Å². The van der Waals surface area contributed by atoms with Crippen LogP contribution in [0.1, 0.15) is 42.6 Å². The average molecular weight is 257 g/mol. The SMILES string of the molecule is CC(C)(C)c1nnsc1C(=O)NCCC(=O)O. The van der Waals surface area contributed by atoms with E-state index >= 15 is 0 Å². The molecule has 0 unspecified atom stereocenters. The summed E-state index contributed by atoms with van der Waals surface area (Å²) in [4.78, 5) is 22.5. The largest absolute Gasteiger partial charge is 0.481 e.